The molecule has 1 aliphatic rings. The van der Waals surface area contributed by atoms with Crippen LogP contribution in [0.15, 0.2) is 0 Å². The Labute approximate surface area is 97.9 Å². The molecule has 0 aromatic heterocycles. The fourth-order valence-electron chi connectivity index (χ4n) is 2.59. The second kappa shape index (κ2) is 4.74. The molecule has 3 atom stereocenters. The van der Waals surface area contributed by atoms with E-state index in [4.69, 9.17) is 12.2 Å². The summed E-state index contributed by atoms with van der Waals surface area (Å²) < 4.78 is 23.5. The molecule has 0 heterocycles. The maximum absolute atomic E-state index is 11.7. The van der Waals surface area contributed by atoms with Gasteiger partial charge in [-0.05, 0) is 19.8 Å². The van der Waals surface area contributed by atoms with E-state index in [9.17, 15) is 8.42 Å². The summed E-state index contributed by atoms with van der Waals surface area (Å²) in [5.41, 5.74) is 5.22. The number of hydrogen-bond donors (Lipinski definition) is 2. The van der Waals surface area contributed by atoms with E-state index in [0.717, 1.165) is 12.8 Å². The Kier molecular flexibility index (Phi) is 4.00. The minimum absolute atomic E-state index is 0.161. The summed E-state index contributed by atoms with van der Waals surface area (Å²) in [6.45, 7) is 2.14. The Morgan fingerprint density at radius 3 is 2.75 bits per heavy atom. The summed E-state index contributed by atoms with van der Waals surface area (Å²) >= 11 is 0. The first-order chi connectivity index (χ1) is 7.35. The molecule has 3 unspecified atom stereocenters. The molecule has 1 rings (SSSR count). The minimum atomic E-state index is -3.09. The van der Waals surface area contributed by atoms with Crippen LogP contribution in [-0.4, -0.2) is 38.0 Å². The second-order valence-electron chi connectivity index (χ2n) is 4.60. The van der Waals surface area contributed by atoms with Gasteiger partial charge in [0.05, 0.1) is 11.3 Å². The standard InChI is InChI=1S/C11H20N2O2S/c1-4-9(2)13-11(8-12)7-5-6-10(11)16(3,14)15/h1,9-10,13H,5-8,12H2,2-3H3. The predicted octanol–water partition coefficient (Wildman–Crippen LogP) is -0.108. The summed E-state index contributed by atoms with van der Waals surface area (Å²) in [5.74, 6) is 2.56. The number of sulfone groups is 1. The van der Waals surface area contributed by atoms with Gasteiger partial charge < -0.3 is 5.73 Å². The van der Waals surface area contributed by atoms with E-state index in [1.165, 1.54) is 6.26 Å². The SMILES string of the molecule is C#CC(C)NC1(CN)CCCC1S(C)(=O)=O. The summed E-state index contributed by atoms with van der Waals surface area (Å²) in [5, 5.41) is 2.79. The Morgan fingerprint density at radius 1 is 1.69 bits per heavy atom. The highest BCUT2D eigenvalue weighted by atomic mass is 32.2. The zero-order valence-electron chi connectivity index (χ0n) is 9.86. The Hall–Kier alpha value is -0.570. The average molecular weight is 244 g/mol. The largest absolute Gasteiger partial charge is 0.329 e. The maximum Gasteiger partial charge on any atom is 0.152 e. The van der Waals surface area contributed by atoms with Crippen molar-refractivity contribution in [2.75, 3.05) is 12.8 Å². The van der Waals surface area contributed by atoms with E-state index >= 15 is 0 Å². The molecule has 0 aromatic rings. The van der Waals surface area contributed by atoms with Crippen molar-refractivity contribution in [1.82, 2.24) is 5.32 Å². The second-order valence-corrected chi connectivity index (χ2v) is 6.83. The molecule has 1 saturated carbocycles. The highest BCUT2D eigenvalue weighted by Gasteiger charge is 2.47. The van der Waals surface area contributed by atoms with Crippen molar-refractivity contribution < 1.29 is 8.42 Å². The van der Waals surface area contributed by atoms with Gasteiger partial charge in [0.25, 0.3) is 0 Å². The summed E-state index contributed by atoms with van der Waals surface area (Å²) in [4.78, 5) is 0. The van der Waals surface area contributed by atoms with Gasteiger partial charge in [-0.1, -0.05) is 12.3 Å². The Bertz CT molecular complexity index is 385. The topological polar surface area (TPSA) is 72.2 Å². The molecule has 0 bridgehead atoms. The van der Waals surface area contributed by atoms with Crippen LogP contribution in [0.5, 0.6) is 0 Å². The van der Waals surface area contributed by atoms with Crippen LogP contribution in [-0.2, 0) is 9.84 Å². The van der Waals surface area contributed by atoms with Crippen LogP contribution >= 0.6 is 0 Å². The van der Waals surface area contributed by atoms with Crippen molar-refractivity contribution in [2.45, 2.75) is 43.0 Å². The summed E-state index contributed by atoms with van der Waals surface area (Å²) in [7, 11) is -3.09. The highest BCUT2D eigenvalue weighted by Crippen LogP contribution is 2.34. The van der Waals surface area contributed by atoms with Gasteiger partial charge in [0.1, 0.15) is 0 Å². The third-order valence-electron chi connectivity index (χ3n) is 3.34. The maximum atomic E-state index is 11.7. The van der Waals surface area contributed by atoms with Gasteiger partial charge in [-0.25, -0.2) is 8.42 Å². The van der Waals surface area contributed by atoms with Gasteiger partial charge in [0.2, 0.25) is 0 Å². The quantitative estimate of drug-likeness (QED) is 0.677. The van der Waals surface area contributed by atoms with Crippen molar-refractivity contribution in [2.24, 2.45) is 5.73 Å². The molecule has 92 valence electrons. The molecular weight excluding hydrogens is 224 g/mol. The average Bonchev–Trinajstić information content (AvgIpc) is 2.61. The van der Waals surface area contributed by atoms with Crippen LogP contribution < -0.4 is 11.1 Å². The molecule has 5 heteroatoms. The monoisotopic (exact) mass is 244 g/mol. The molecule has 3 N–H and O–H groups in total. The molecule has 0 spiro atoms. The minimum Gasteiger partial charge on any atom is -0.329 e. The fourth-order valence-corrected chi connectivity index (χ4v) is 4.29. The smallest absolute Gasteiger partial charge is 0.152 e. The Morgan fingerprint density at radius 2 is 2.31 bits per heavy atom. The highest BCUT2D eigenvalue weighted by molar-refractivity contribution is 7.91. The van der Waals surface area contributed by atoms with Crippen LogP contribution in [0.25, 0.3) is 0 Å². The molecule has 0 radical (unpaired) electrons. The molecule has 0 aromatic carbocycles. The molecule has 0 aliphatic heterocycles. The van der Waals surface area contributed by atoms with E-state index < -0.39 is 20.6 Å². The van der Waals surface area contributed by atoms with Crippen LogP contribution in [0.1, 0.15) is 26.2 Å². The lowest BCUT2D eigenvalue weighted by Gasteiger charge is -2.36. The van der Waals surface area contributed by atoms with E-state index in [2.05, 4.69) is 11.2 Å². The van der Waals surface area contributed by atoms with Gasteiger partial charge >= 0.3 is 0 Å². The molecule has 16 heavy (non-hydrogen) atoms. The predicted molar refractivity (Wildman–Crippen MR) is 65.7 cm³/mol. The van der Waals surface area contributed by atoms with Crippen molar-refractivity contribution in [3.8, 4) is 12.3 Å². The number of rotatable bonds is 4. The number of hydrogen-bond acceptors (Lipinski definition) is 4. The van der Waals surface area contributed by atoms with Crippen LogP contribution in [0.3, 0.4) is 0 Å². The molecular formula is C11H20N2O2S. The number of nitrogens with one attached hydrogen (secondary N) is 1. The zero-order valence-corrected chi connectivity index (χ0v) is 10.7. The van der Waals surface area contributed by atoms with Gasteiger partial charge in [-0.2, -0.15) is 0 Å². The normalized spacial score (nSPS) is 32.2. The van der Waals surface area contributed by atoms with Gasteiger partial charge in [-0.15, -0.1) is 6.42 Å². The van der Waals surface area contributed by atoms with Gasteiger partial charge in [0, 0.05) is 18.3 Å². The molecule has 1 fully saturated rings. The van der Waals surface area contributed by atoms with Crippen LogP contribution in [0, 0.1) is 12.3 Å². The third kappa shape index (κ3) is 2.57. The van der Waals surface area contributed by atoms with Gasteiger partial charge in [-0.3, -0.25) is 5.32 Å². The van der Waals surface area contributed by atoms with Crippen molar-refractivity contribution in [1.29, 1.82) is 0 Å². The van der Waals surface area contributed by atoms with E-state index in [1.807, 2.05) is 6.92 Å². The van der Waals surface area contributed by atoms with Gasteiger partial charge in [0.15, 0.2) is 9.84 Å². The molecule has 0 amide bonds. The fraction of sp³-hybridized carbons (Fsp3) is 0.818. The first-order valence-electron chi connectivity index (χ1n) is 5.48. The summed E-state index contributed by atoms with van der Waals surface area (Å²) in [6.07, 6.45) is 8.90. The number of terminal acetylenes is 1. The lowest BCUT2D eigenvalue weighted by atomic mass is 9.96. The molecule has 0 saturated heterocycles. The first kappa shape index (κ1) is 13.5. The van der Waals surface area contributed by atoms with E-state index in [1.54, 1.807) is 0 Å². The third-order valence-corrected chi connectivity index (χ3v) is 5.06. The number of nitrogens with two attached hydrogens (primary N) is 1. The van der Waals surface area contributed by atoms with Crippen molar-refractivity contribution >= 4 is 9.84 Å². The van der Waals surface area contributed by atoms with Crippen molar-refractivity contribution in [3.05, 3.63) is 0 Å². The summed E-state index contributed by atoms with van der Waals surface area (Å²) in [6, 6.07) is -0.161. The first-order valence-corrected chi connectivity index (χ1v) is 7.44. The molecule has 4 nitrogen and oxygen atoms in total. The van der Waals surface area contributed by atoms with Crippen LogP contribution in [0.2, 0.25) is 0 Å². The van der Waals surface area contributed by atoms with E-state index in [0.29, 0.717) is 13.0 Å². The molecule has 1 aliphatic carbocycles. The zero-order chi connectivity index (χ0) is 12.4. The van der Waals surface area contributed by atoms with Crippen LogP contribution in [0.4, 0.5) is 0 Å². The Balaban J connectivity index is 2.99. The van der Waals surface area contributed by atoms with E-state index in [-0.39, 0.29) is 6.04 Å². The lowest BCUT2D eigenvalue weighted by molar-refractivity contribution is 0.329. The van der Waals surface area contributed by atoms with Crippen molar-refractivity contribution in [3.63, 3.8) is 0 Å². The lowest BCUT2D eigenvalue weighted by Crippen LogP contribution is -2.60.